The molecule has 0 amide bonds. The molecule has 0 aliphatic heterocycles. The van der Waals surface area contributed by atoms with Gasteiger partial charge >= 0.3 is 5.97 Å². The molecule has 1 unspecified atom stereocenters. The molecule has 0 aliphatic rings. The SMILES string of the molecule is CCC(C(=O)O)c1csc(-c2ccc(Br)cc2)n1. The van der Waals surface area contributed by atoms with Crippen LogP contribution in [0.1, 0.15) is 25.0 Å². The Morgan fingerprint density at radius 1 is 1.44 bits per heavy atom. The van der Waals surface area contributed by atoms with Crippen LogP contribution in [-0.2, 0) is 4.79 Å². The van der Waals surface area contributed by atoms with Gasteiger partial charge in [-0.2, -0.15) is 0 Å². The summed E-state index contributed by atoms with van der Waals surface area (Å²) < 4.78 is 1.01. The minimum absolute atomic E-state index is 0.509. The van der Waals surface area contributed by atoms with Crippen molar-refractivity contribution in [3.8, 4) is 10.6 Å². The van der Waals surface area contributed by atoms with Gasteiger partial charge in [-0.1, -0.05) is 35.0 Å². The molecule has 1 aromatic carbocycles. The van der Waals surface area contributed by atoms with Gasteiger partial charge in [0, 0.05) is 15.4 Å². The van der Waals surface area contributed by atoms with Crippen molar-refractivity contribution in [2.75, 3.05) is 0 Å². The van der Waals surface area contributed by atoms with E-state index in [4.69, 9.17) is 5.11 Å². The molecule has 5 heteroatoms. The second kappa shape index (κ2) is 5.63. The summed E-state index contributed by atoms with van der Waals surface area (Å²) in [6.45, 7) is 1.86. The number of aromatic nitrogens is 1. The smallest absolute Gasteiger partial charge is 0.312 e. The summed E-state index contributed by atoms with van der Waals surface area (Å²) in [6.07, 6.45) is 0.554. The average Bonchev–Trinajstić information content (AvgIpc) is 2.80. The van der Waals surface area contributed by atoms with Crippen molar-refractivity contribution in [3.05, 3.63) is 39.8 Å². The van der Waals surface area contributed by atoms with Gasteiger partial charge in [0.15, 0.2) is 0 Å². The van der Waals surface area contributed by atoms with Crippen LogP contribution in [0, 0.1) is 0 Å². The van der Waals surface area contributed by atoms with E-state index >= 15 is 0 Å². The van der Waals surface area contributed by atoms with Crippen molar-refractivity contribution >= 4 is 33.2 Å². The Morgan fingerprint density at radius 2 is 2.11 bits per heavy atom. The minimum atomic E-state index is -0.815. The molecule has 2 rings (SSSR count). The maximum Gasteiger partial charge on any atom is 0.312 e. The standard InChI is InChI=1S/C13H12BrNO2S/c1-2-10(13(16)17)11-7-18-12(15-11)8-3-5-9(14)6-4-8/h3-7,10H,2H2,1H3,(H,16,17). The van der Waals surface area contributed by atoms with Gasteiger partial charge in [0.1, 0.15) is 5.01 Å². The fourth-order valence-electron chi connectivity index (χ4n) is 1.68. The summed E-state index contributed by atoms with van der Waals surface area (Å²) in [4.78, 5) is 15.5. The number of carboxylic acid groups (broad SMARTS) is 1. The maximum absolute atomic E-state index is 11.1. The largest absolute Gasteiger partial charge is 0.481 e. The zero-order valence-electron chi connectivity index (χ0n) is 9.76. The van der Waals surface area contributed by atoms with E-state index in [1.807, 2.05) is 36.6 Å². The third-order valence-corrected chi connectivity index (χ3v) is 4.11. The van der Waals surface area contributed by atoms with Gasteiger partial charge in [0.25, 0.3) is 0 Å². The average molecular weight is 326 g/mol. The zero-order chi connectivity index (χ0) is 13.1. The molecular weight excluding hydrogens is 314 g/mol. The number of carbonyl (C=O) groups is 1. The zero-order valence-corrected chi connectivity index (χ0v) is 12.2. The van der Waals surface area contributed by atoms with Crippen molar-refractivity contribution in [2.45, 2.75) is 19.3 Å². The normalized spacial score (nSPS) is 12.3. The van der Waals surface area contributed by atoms with Gasteiger partial charge in [-0.3, -0.25) is 4.79 Å². The van der Waals surface area contributed by atoms with Crippen molar-refractivity contribution in [1.29, 1.82) is 0 Å². The predicted molar refractivity (Wildman–Crippen MR) is 75.9 cm³/mol. The molecule has 18 heavy (non-hydrogen) atoms. The first-order chi connectivity index (χ1) is 8.61. The van der Waals surface area contributed by atoms with E-state index in [1.54, 1.807) is 0 Å². The Bertz CT molecular complexity index is 550. The Labute approximate surface area is 118 Å². The van der Waals surface area contributed by atoms with Gasteiger partial charge in [0.2, 0.25) is 0 Å². The molecule has 1 aromatic heterocycles. The fourth-order valence-corrected chi connectivity index (χ4v) is 2.83. The number of nitrogens with zero attached hydrogens (tertiary/aromatic N) is 1. The molecule has 1 atom stereocenters. The summed E-state index contributed by atoms with van der Waals surface area (Å²) in [5.41, 5.74) is 1.66. The van der Waals surface area contributed by atoms with Crippen molar-refractivity contribution in [1.82, 2.24) is 4.98 Å². The van der Waals surface area contributed by atoms with Crippen LogP contribution in [0.5, 0.6) is 0 Å². The maximum atomic E-state index is 11.1. The number of hydrogen-bond acceptors (Lipinski definition) is 3. The van der Waals surface area contributed by atoms with Crippen LogP contribution in [-0.4, -0.2) is 16.1 Å². The highest BCUT2D eigenvalue weighted by Crippen LogP contribution is 2.29. The Kier molecular flexibility index (Phi) is 4.14. The lowest BCUT2D eigenvalue weighted by atomic mass is 10.0. The van der Waals surface area contributed by atoms with E-state index in [-0.39, 0.29) is 0 Å². The summed E-state index contributed by atoms with van der Waals surface area (Å²) in [6, 6.07) is 7.83. The molecule has 0 spiro atoms. The number of aliphatic carboxylic acids is 1. The molecule has 2 aromatic rings. The molecule has 94 valence electrons. The first-order valence-corrected chi connectivity index (χ1v) is 7.23. The van der Waals surface area contributed by atoms with Crippen LogP contribution in [0.2, 0.25) is 0 Å². The quantitative estimate of drug-likeness (QED) is 0.918. The van der Waals surface area contributed by atoms with E-state index in [0.29, 0.717) is 12.1 Å². The fraction of sp³-hybridized carbons (Fsp3) is 0.231. The van der Waals surface area contributed by atoms with E-state index in [0.717, 1.165) is 15.0 Å². The van der Waals surface area contributed by atoms with Crippen molar-refractivity contribution < 1.29 is 9.90 Å². The molecule has 3 nitrogen and oxygen atoms in total. The molecule has 1 N–H and O–H groups in total. The number of hydrogen-bond donors (Lipinski definition) is 1. The van der Waals surface area contributed by atoms with Crippen LogP contribution in [0.15, 0.2) is 34.1 Å². The van der Waals surface area contributed by atoms with Crippen LogP contribution in [0.4, 0.5) is 0 Å². The van der Waals surface area contributed by atoms with E-state index in [1.165, 1.54) is 11.3 Å². The summed E-state index contributed by atoms with van der Waals surface area (Å²) in [7, 11) is 0. The van der Waals surface area contributed by atoms with Gasteiger partial charge in [0.05, 0.1) is 11.6 Å². The molecule has 0 radical (unpaired) electrons. The highest BCUT2D eigenvalue weighted by Gasteiger charge is 2.20. The van der Waals surface area contributed by atoms with Crippen LogP contribution >= 0.6 is 27.3 Å². The second-order valence-corrected chi connectivity index (χ2v) is 5.66. The van der Waals surface area contributed by atoms with Crippen LogP contribution in [0.25, 0.3) is 10.6 Å². The summed E-state index contributed by atoms with van der Waals surface area (Å²) in [5.74, 6) is -1.32. The summed E-state index contributed by atoms with van der Waals surface area (Å²) >= 11 is 4.86. The number of carboxylic acids is 1. The number of thiazole rings is 1. The molecular formula is C13H12BrNO2S. The number of halogens is 1. The topological polar surface area (TPSA) is 50.2 Å². The van der Waals surface area contributed by atoms with Crippen LogP contribution < -0.4 is 0 Å². The molecule has 0 saturated carbocycles. The minimum Gasteiger partial charge on any atom is -0.481 e. The van der Waals surface area contributed by atoms with E-state index < -0.39 is 11.9 Å². The van der Waals surface area contributed by atoms with E-state index in [2.05, 4.69) is 20.9 Å². The highest BCUT2D eigenvalue weighted by atomic mass is 79.9. The predicted octanol–water partition coefficient (Wildman–Crippen LogP) is 4.15. The lowest BCUT2D eigenvalue weighted by Crippen LogP contribution is -2.10. The van der Waals surface area contributed by atoms with Crippen molar-refractivity contribution in [2.24, 2.45) is 0 Å². The van der Waals surface area contributed by atoms with Gasteiger partial charge in [-0.05, 0) is 18.6 Å². The first kappa shape index (κ1) is 13.2. The Morgan fingerprint density at radius 3 is 2.67 bits per heavy atom. The molecule has 1 heterocycles. The Hall–Kier alpha value is -1.20. The Balaban J connectivity index is 2.30. The lowest BCUT2D eigenvalue weighted by Gasteiger charge is -2.05. The van der Waals surface area contributed by atoms with Crippen molar-refractivity contribution in [3.63, 3.8) is 0 Å². The van der Waals surface area contributed by atoms with Gasteiger partial charge in [-0.25, -0.2) is 4.98 Å². The third kappa shape index (κ3) is 2.79. The molecule has 0 bridgehead atoms. The van der Waals surface area contributed by atoms with E-state index in [9.17, 15) is 4.79 Å². The third-order valence-electron chi connectivity index (χ3n) is 2.68. The highest BCUT2D eigenvalue weighted by molar-refractivity contribution is 9.10. The monoisotopic (exact) mass is 325 g/mol. The summed E-state index contributed by atoms with van der Waals surface area (Å²) in [5, 5.41) is 11.8. The van der Waals surface area contributed by atoms with Gasteiger partial charge in [-0.15, -0.1) is 11.3 Å². The molecule has 0 saturated heterocycles. The molecule has 0 fully saturated rings. The first-order valence-electron chi connectivity index (χ1n) is 5.56. The number of benzene rings is 1. The van der Waals surface area contributed by atoms with Gasteiger partial charge < -0.3 is 5.11 Å². The van der Waals surface area contributed by atoms with Crippen LogP contribution in [0.3, 0.4) is 0 Å². The second-order valence-electron chi connectivity index (χ2n) is 3.88. The molecule has 0 aliphatic carbocycles. The lowest BCUT2D eigenvalue weighted by molar-refractivity contribution is -0.138. The number of rotatable bonds is 4.